The van der Waals surface area contributed by atoms with E-state index in [-0.39, 0.29) is 0 Å². The van der Waals surface area contributed by atoms with Crippen LogP contribution in [0.2, 0.25) is 0 Å². The first kappa shape index (κ1) is 22.9. The molecule has 4 aromatic rings. The molecule has 0 unspecified atom stereocenters. The van der Waals surface area contributed by atoms with Crippen molar-refractivity contribution in [3.8, 4) is 11.1 Å². The standard InChI is InChI=1S/C33H36Si/c1-4-13-25-20-23-30-31(24-25)34(28-16-9-7-10-17-28,29-18-11-8-12-19-29)33-27(15-6-3)22-21-26(14-5-2)32(30)33/h7-12,16-24H,4-6,13-15H2,1-3H3. The molecule has 1 heterocycles. The van der Waals surface area contributed by atoms with Crippen LogP contribution in [0.15, 0.2) is 91.0 Å². The van der Waals surface area contributed by atoms with Gasteiger partial charge in [0, 0.05) is 0 Å². The van der Waals surface area contributed by atoms with E-state index in [1.54, 1.807) is 21.5 Å². The van der Waals surface area contributed by atoms with Crippen molar-refractivity contribution in [1.82, 2.24) is 0 Å². The zero-order valence-corrected chi connectivity index (χ0v) is 21.9. The van der Waals surface area contributed by atoms with Gasteiger partial charge in [0.2, 0.25) is 0 Å². The average Bonchev–Trinajstić information content (AvgIpc) is 3.19. The van der Waals surface area contributed by atoms with Gasteiger partial charge in [-0.2, -0.15) is 0 Å². The van der Waals surface area contributed by atoms with Crippen molar-refractivity contribution in [3.05, 3.63) is 108 Å². The molecule has 0 spiro atoms. The van der Waals surface area contributed by atoms with E-state index in [0.29, 0.717) is 0 Å². The molecule has 4 aromatic carbocycles. The summed E-state index contributed by atoms with van der Waals surface area (Å²) >= 11 is 0. The molecule has 0 radical (unpaired) electrons. The summed E-state index contributed by atoms with van der Waals surface area (Å²) < 4.78 is 0. The fraction of sp³-hybridized carbons (Fsp3) is 0.273. The maximum atomic E-state index is 2.59. The minimum absolute atomic E-state index is 1.14. The van der Waals surface area contributed by atoms with Crippen molar-refractivity contribution >= 4 is 28.8 Å². The molecule has 0 saturated carbocycles. The number of fused-ring (bicyclic) bond motifs is 3. The fourth-order valence-electron chi connectivity index (χ4n) is 6.22. The van der Waals surface area contributed by atoms with Gasteiger partial charge in [-0.1, -0.05) is 131 Å². The van der Waals surface area contributed by atoms with E-state index in [4.69, 9.17) is 0 Å². The highest BCUT2D eigenvalue weighted by Gasteiger charge is 2.50. The molecule has 0 nitrogen and oxygen atoms in total. The second-order valence-corrected chi connectivity index (χ2v) is 13.4. The van der Waals surface area contributed by atoms with E-state index in [2.05, 4.69) is 112 Å². The molecule has 1 aliphatic heterocycles. The van der Waals surface area contributed by atoms with E-state index in [1.165, 1.54) is 46.3 Å². The van der Waals surface area contributed by atoms with Crippen molar-refractivity contribution in [2.24, 2.45) is 0 Å². The van der Waals surface area contributed by atoms with Gasteiger partial charge in [0.1, 0.15) is 0 Å². The van der Waals surface area contributed by atoms with E-state index < -0.39 is 8.07 Å². The van der Waals surface area contributed by atoms with Crippen LogP contribution in [0.4, 0.5) is 0 Å². The first-order valence-corrected chi connectivity index (χ1v) is 15.2. The molecular formula is C33H36Si. The predicted octanol–water partition coefficient (Wildman–Crippen LogP) is 5.90. The Bertz CT molecular complexity index is 1230. The van der Waals surface area contributed by atoms with Gasteiger partial charge >= 0.3 is 0 Å². The maximum absolute atomic E-state index is 2.59. The quantitative estimate of drug-likeness (QED) is 0.253. The van der Waals surface area contributed by atoms with Gasteiger partial charge in [0.15, 0.2) is 8.07 Å². The summed E-state index contributed by atoms with van der Waals surface area (Å²) in [5, 5.41) is 6.30. The van der Waals surface area contributed by atoms with Gasteiger partial charge in [-0.25, -0.2) is 0 Å². The van der Waals surface area contributed by atoms with Crippen molar-refractivity contribution in [2.75, 3.05) is 0 Å². The molecule has 1 aliphatic rings. The van der Waals surface area contributed by atoms with Crippen LogP contribution in [0.25, 0.3) is 11.1 Å². The fourth-order valence-corrected chi connectivity index (χ4v) is 11.8. The first-order chi connectivity index (χ1) is 16.7. The van der Waals surface area contributed by atoms with E-state index in [9.17, 15) is 0 Å². The summed E-state index contributed by atoms with van der Waals surface area (Å²) in [6.45, 7) is 6.92. The number of hydrogen-bond donors (Lipinski definition) is 0. The molecule has 0 N–H and O–H groups in total. The molecule has 0 aromatic heterocycles. The second kappa shape index (κ2) is 9.76. The van der Waals surface area contributed by atoms with Crippen LogP contribution >= 0.6 is 0 Å². The summed E-state index contributed by atoms with van der Waals surface area (Å²) in [7, 11) is -2.43. The molecule has 0 atom stereocenters. The highest BCUT2D eigenvalue weighted by atomic mass is 28.3. The van der Waals surface area contributed by atoms with Crippen LogP contribution in [-0.4, -0.2) is 8.07 Å². The first-order valence-electron chi connectivity index (χ1n) is 13.2. The predicted molar refractivity (Wildman–Crippen MR) is 151 cm³/mol. The Hall–Kier alpha value is -2.90. The van der Waals surface area contributed by atoms with Crippen LogP contribution in [-0.2, 0) is 19.3 Å². The number of hydrogen-bond acceptors (Lipinski definition) is 0. The zero-order chi connectivity index (χ0) is 23.5. The molecule has 172 valence electrons. The molecule has 0 bridgehead atoms. The van der Waals surface area contributed by atoms with Crippen LogP contribution in [0.3, 0.4) is 0 Å². The van der Waals surface area contributed by atoms with E-state index in [0.717, 1.165) is 19.3 Å². The van der Waals surface area contributed by atoms with Crippen LogP contribution in [0.1, 0.15) is 56.7 Å². The Morgan fingerprint density at radius 1 is 0.559 bits per heavy atom. The Morgan fingerprint density at radius 3 is 1.71 bits per heavy atom. The lowest BCUT2D eigenvalue weighted by Crippen LogP contribution is -2.73. The third kappa shape index (κ3) is 3.58. The minimum atomic E-state index is -2.43. The lowest BCUT2D eigenvalue weighted by Gasteiger charge is -2.33. The molecular weight excluding hydrogens is 424 g/mol. The van der Waals surface area contributed by atoms with Gasteiger partial charge in [0.05, 0.1) is 0 Å². The van der Waals surface area contributed by atoms with Gasteiger partial charge in [0.25, 0.3) is 0 Å². The SMILES string of the molecule is CCCc1ccc2c(c1)[Si](c1ccccc1)(c1ccccc1)c1c(CCC)ccc(CCC)c1-2. The van der Waals surface area contributed by atoms with Gasteiger partial charge in [-0.3, -0.25) is 0 Å². The summed E-state index contributed by atoms with van der Waals surface area (Å²) in [6.07, 6.45) is 6.94. The topological polar surface area (TPSA) is 0 Å². The number of benzene rings is 4. The normalized spacial score (nSPS) is 13.5. The van der Waals surface area contributed by atoms with E-state index in [1.807, 2.05) is 0 Å². The molecule has 0 fully saturated rings. The lowest BCUT2D eigenvalue weighted by atomic mass is 9.93. The van der Waals surface area contributed by atoms with Gasteiger partial charge in [-0.05, 0) is 67.8 Å². The van der Waals surface area contributed by atoms with Crippen molar-refractivity contribution < 1.29 is 0 Å². The van der Waals surface area contributed by atoms with Crippen LogP contribution < -0.4 is 20.7 Å². The number of aryl methyl sites for hydroxylation is 3. The molecule has 5 rings (SSSR count). The van der Waals surface area contributed by atoms with Crippen LogP contribution in [0.5, 0.6) is 0 Å². The zero-order valence-electron chi connectivity index (χ0n) is 20.9. The summed E-state index contributed by atoms with van der Waals surface area (Å²) in [5.74, 6) is 0. The third-order valence-corrected chi connectivity index (χ3v) is 12.4. The smallest absolute Gasteiger partial charge is 0.0651 e. The minimum Gasteiger partial charge on any atom is -0.0651 e. The van der Waals surface area contributed by atoms with Crippen molar-refractivity contribution in [3.63, 3.8) is 0 Å². The average molecular weight is 461 g/mol. The Balaban J connectivity index is 1.98. The molecule has 1 heteroatoms. The maximum Gasteiger partial charge on any atom is 0.181 e. The number of rotatable bonds is 8. The van der Waals surface area contributed by atoms with Crippen LogP contribution in [0, 0.1) is 0 Å². The van der Waals surface area contributed by atoms with Crippen molar-refractivity contribution in [1.29, 1.82) is 0 Å². The summed E-state index contributed by atoms with van der Waals surface area (Å²) in [4.78, 5) is 0. The van der Waals surface area contributed by atoms with E-state index >= 15 is 0 Å². The third-order valence-electron chi connectivity index (χ3n) is 7.50. The molecule has 0 amide bonds. The molecule has 34 heavy (non-hydrogen) atoms. The highest BCUT2D eigenvalue weighted by molar-refractivity contribution is 7.22. The lowest BCUT2D eigenvalue weighted by molar-refractivity contribution is 0.910. The monoisotopic (exact) mass is 460 g/mol. The van der Waals surface area contributed by atoms with Gasteiger partial charge < -0.3 is 0 Å². The molecule has 0 aliphatic carbocycles. The summed E-state index contributed by atoms with van der Waals surface area (Å²) in [5.41, 5.74) is 7.63. The molecule has 0 saturated heterocycles. The Morgan fingerprint density at radius 2 is 1.12 bits per heavy atom. The van der Waals surface area contributed by atoms with Gasteiger partial charge in [-0.15, -0.1) is 0 Å². The highest BCUT2D eigenvalue weighted by Crippen LogP contribution is 2.34. The largest absolute Gasteiger partial charge is 0.181 e. The Labute approximate surface area is 206 Å². The van der Waals surface area contributed by atoms with Crippen molar-refractivity contribution in [2.45, 2.75) is 59.3 Å². The second-order valence-electron chi connectivity index (χ2n) is 9.75. The summed E-state index contributed by atoms with van der Waals surface area (Å²) in [6, 6.07) is 35.3. The Kier molecular flexibility index (Phi) is 6.56.